The summed E-state index contributed by atoms with van der Waals surface area (Å²) in [5.41, 5.74) is 7.39. The fourth-order valence-corrected chi connectivity index (χ4v) is 1.48. The minimum Gasteiger partial charge on any atom is -0.370 e. The Labute approximate surface area is 116 Å². The summed E-state index contributed by atoms with van der Waals surface area (Å²) < 4.78 is 0. The maximum atomic E-state index is 10.6. The Morgan fingerprint density at radius 1 is 1.42 bits per heavy atom. The molecular formula is C15H24N2O2. The van der Waals surface area contributed by atoms with Gasteiger partial charge in [0.15, 0.2) is 0 Å². The Kier molecular flexibility index (Phi) is 6.36. The van der Waals surface area contributed by atoms with Gasteiger partial charge in [-0.1, -0.05) is 36.4 Å². The largest absolute Gasteiger partial charge is 0.370 e. The van der Waals surface area contributed by atoms with Crippen molar-refractivity contribution < 1.29 is 12.4 Å². The van der Waals surface area contributed by atoms with Crippen LogP contribution in [0.2, 0.25) is 0 Å². The second kappa shape index (κ2) is 8.08. The molecule has 0 radical (unpaired) electrons. The van der Waals surface area contributed by atoms with Gasteiger partial charge < -0.3 is 11.1 Å². The molecule has 19 heavy (non-hydrogen) atoms. The summed E-state index contributed by atoms with van der Waals surface area (Å²) in [5.74, 6) is -0.0625. The molecule has 1 aromatic rings. The van der Waals surface area contributed by atoms with E-state index in [1.54, 1.807) is 0 Å². The first kappa shape index (κ1) is 15.0. The van der Waals surface area contributed by atoms with Crippen molar-refractivity contribution in [1.82, 2.24) is 5.32 Å². The Bertz CT molecular complexity index is 453. The number of rotatable bonds is 4. The lowest BCUT2D eigenvalue weighted by molar-refractivity contribution is -0.125. The number of hydrogen-bond donors (Lipinski definition) is 2. The van der Waals surface area contributed by atoms with Crippen LogP contribution >= 0.6 is 0 Å². The number of carbonyl (C=O) groups excluding carboxylic acids is 2. The Morgan fingerprint density at radius 3 is 2.37 bits per heavy atom. The zero-order chi connectivity index (χ0) is 14.1. The van der Waals surface area contributed by atoms with E-state index in [9.17, 15) is 9.59 Å². The van der Waals surface area contributed by atoms with Gasteiger partial charge in [-0.15, -0.1) is 0 Å². The molecule has 1 fully saturated rings. The zero-order valence-corrected chi connectivity index (χ0v) is 11.2. The molecule has 1 aliphatic rings. The fourth-order valence-electron chi connectivity index (χ4n) is 1.48. The Hall–Kier alpha value is -2.10. The van der Waals surface area contributed by atoms with E-state index in [2.05, 4.69) is 5.32 Å². The molecule has 4 nitrogen and oxygen atoms in total. The summed E-state index contributed by atoms with van der Waals surface area (Å²) in [7, 11) is 0. The van der Waals surface area contributed by atoms with Crippen molar-refractivity contribution in [2.24, 2.45) is 5.73 Å². The lowest BCUT2D eigenvalue weighted by Crippen LogP contribution is -2.37. The number of nitrogens with one attached hydrogen (secondary N) is 1. The van der Waals surface area contributed by atoms with Crippen LogP contribution in [0.1, 0.15) is 33.7 Å². The van der Waals surface area contributed by atoms with Gasteiger partial charge in [0.05, 0.1) is 0 Å². The SMILES string of the molecule is C/C=C/c1ccc(CCC(N)=O)cc1.O=C1CCN1.[HH].[HH]. The van der Waals surface area contributed by atoms with Crippen LogP contribution in [0.25, 0.3) is 6.08 Å². The van der Waals surface area contributed by atoms with Crippen molar-refractivity contribution in [1.29, 1.82) is 0 Å². The predicted molar refractivity (Wildman–Crippen MR) is 80.5 cm³/mol. The number of primary amides is 1. The summed E-state index contributed by atoms with van der Waals surface area (Å²) in [4.78, 5) is 20.3. The van der Waals surface area contributed by atoms with Gasteiger partial charge in [0.2, 0.25) is 11.8 Å². The molecule has 0 spiro atoms. The van der Waals surface area contributed by atoms with Gasteiger partial charge in [-0.05, 0) is 24.5 Å². The van der Waals surface area contributed by atoms with Crippen LogP contribution in [-0.4, -0.2) is 18.4 Å². The molecule has 2 rings (SSSR count). The van der Waals surface area contributed by atoms with Gasteiger partial charge in [-0.3, -0.25) is 9.59 Å². The molecule has 1 saturated heterocycles. The summed E-state index contributed by atoms with van der Waals surface area (Å²) >= 11 is 0. The second-order valence-electron chi connectivity index (χ2n) is 4.31. The average molecular weight is 264 g/mol. The fraction of sp³-hybridized carbons (Fsp3) is 0.333. The zero-order valence-electron chi connectivity index (χ0n) is 11.2. The monoisotopic (exact) mass is 264 g/mol. The van der Waals surface area contributed by atoms with Crippen LogP contribution in [0.5, 0.6) is 0 Å². The second-order valence-corrected chi connectivity index (χ2v) is 4.31. The molecule has 4 heteroatoms. The van der Waals surface area contributed by atoms with Crippen molar-refractivity contribution in [3.63, 3.8) is 0 Å². The molecule has 0 bridgehead atoms. The van der Waals surface area contributed by atoms with Gasteiger partial charge in [0, 0.05) is 22.2 Å². The standard InChI is InChI=1S/C12H15NO.C3H5NO.2H2/c1-2-3-10-4-6-11(7-5-10)8-9-12(13)14;5-3-1-2-4-3;;/h2-7H,8-9H2,1H3,(H2,13,14);1-2H2,(H,4,5);2*1H/b3-2+;;;. The van der Waals surface area contributed by atoms with Gasteiger partial charge in [0.25, 0.3) is 0 Å². The van der Waals surface area contributed by atoms with E-state index < -0.39 is 0 Å². The van der Waals surface area contributed by atoms with Crippen molar-refractivity contribution in [3.05, 3.63) is 41.5 Å². The van der Waals surface area contributed by atoms with E-state index in [4.69, 9.17) is 5.73 Å². The minimum atomic E-state index is -0.248. The van der Waals surface area contributed by atoms with Crippen molar-refractivity contribution >= 4 is 17.9 Å². The first-order chi connectivity index (χ1) is 9.11. The van der Waals surface area contributed by atoms with Crippen LogP contribution in [0.15, 0.2) is 30.3 Å². The number of carbonyl (C=O) groups is 2. The summed E-state index contributed by atoms with van der Waals surface area (Å²) in [6, 6.07) is 8.13. The quantitative estimate of drug-likeness (QED) is 0.818. The third-order valence-corrected chi connectivity index (χ3v) is 2.67. The van der Waals surface area contributed by atoms with E-state index >= 15 is 0 Å². The molecule has 2 amide bonds. The Balaban J connectivity index is 0. The van der Waals surface area contributed by atoms with E-state index in [1.165, 1.54) is 5.56 Å². The molecule has 1 heterocycles. The highest BCUT2D eigenvalue weighted by Gasteiger charge is 2.07. The number of aryl methyl sites for hydroxylation is 1. The highest BCUT2D eigenvalue weighted by atomic mass is 16.2. The molecule has 0 unspecified atom stereocenters. The van der Waals surface area contributed by atoms with Gasteiger partial charge in [-0.2, -0.15) is 0 Å². The molecule has 0 aliphatic carbocycles. The highest BCUT2D eigenvalue weighted by Crippen LogP contribution is 2.07. The minimum absolute atomic E-state index is 0. The molecule has 0 aromatic heterocycles. The van der Waals surface area contributed by atoms with Gasteiger partial charge >= 0.3 is 0 Å². The van der Waals surface area contributed by atoms with E-state index in [0.29, 0.717) is 6.42 Å². The van der Waals surface area contributed by atoms with Crippen LogP contribution in [-0.2, 0) is 16.0 Å². The maximum absolute atomic E-state index is 10.6. The first-order valence-corrected chi connectivity index (χ1v) is 6.38. The number of hydrogen-bond acceptors (Lipinski definition) is 2. The van der Waals surface area contributed by atoms with E-state index in [0.717, 1.165) is 24.9 Å². The molecular weight excluding hydrogens is 240 g/mol. The number of nitrogens with two attached hydrogens (primary N) is 1. The lowest BCUT2D eigenvalue weighted by atomic mass is 10.1. The summed E-state index contributed by atoms with van der Waals surface area (Å²) in [6.45, 7) is 2.87. The van der Waals surface area contributed by atoms with Crippen LogP contribution in [0.3, 0.4) is 0 Å². The molecule has 0 saturated carbocycles. The molecule has 0 atom stereocenters. The number of amides is 2. The van der Waals surface area contributed by atoms with Gasteiger partial charge in [0.1, 0.15) is 0 Å². The Morgan fingerprint density at radius 2 is 2.00 bits per heavy atom. The summed E-state index contributed by atoms with van der Waals surface area (Å²) in [5, 5.41) is 2.57. The third-order valence-electron chi connectivity index (χ3n) is 2.67. The molecule has 1 aromatic carbocycles. The smallest absolute Gasteiger partial charge is 0.221 e. The first-order valence-electron chi connectivity index (χ1n) is 6.38. The maximum Gasteiger partial charge on any atom is 0.221 e. The summed E-state index contributed by atoms with van der Waals surface area (Å²) in [6.07, 6.45) is 5.92. The van der Waals surface area contributed by atoms with Crippen molar-refractivity contribution in [2.45, 2.75) is 26.2 Å². The number of benzene rings is 1. The van der Waals surface area contributed by atoms with E-state index in [1.807, 2.05) is 43.3 Å². The molecule has 106 valence electrons. The lowest BCUT2D eigenvalue weighted by Gasteiger charge is -2.10. The third kappa shape index (κ3) is 6.41. The molecule has 3 N–H and O–H groups in total. The van der Waals surface area contributed by atoms with E-state index in [-0.39, 0.29) is 14.7 Å². The normalized spacial score (nSPS) is 13.2. The topological polar surface area (TPSA) is 72.2 Å². The number of β-lactam (4-membered cyclic amide) rings is 1. The number of allylic oxidation sites excluding steroid dienone is 1. The van der Waals surface area contributed by atoms with Crippen molar-refractivity contribution in [2.75, 3.05) is 6.54 Å². The predicted octanol–water partition coefficient (Wildman–Crippen LogP) is 2.14. The van der Waals surface area contributed by atoms with Crippen LogP contribution in [0, 0.1) is 0 Å². The van der Waals surface area contributed by atoms with Gasteiger partial charge in [-0.25, -0.2) is 0 Å². The highest BCUT2D eigenvalue weighted by molar-refractivity contribution is 5.81. The van der Waals surface area contributed by atoms with Crippen LogP contribution < -0.4 is 11.1 Å². The molecule has 1 aliphatic heterocycles. The average Bonchev–Trinajstić information content (AvgIpc) is 2.37. The van der Waals surface area contributed by atoms with Crippen molar-refractivity contribution in [3.8, 4) is 0 Å². The van der Waals surface area contributed by atoms with Crippen LogP contribution in [0.4, 0.5) is 0 Å².